The van der Waals surface area contributed by atoms with Crippen LogP contribution in [-0.4, -0.2) is 30.1 Å². The van der Waals surface area contributed by atoms with Crippen molar-refractivity contribution in [2.75, 3.05) is 0 Å². The number of aryl methyl sites for hydroxylation is 1. The van der Waals surface area contributed by atoms with Crippen molar-refractivity contribution in [2.24, 2.45) is 12.8 Å². The number of pyridine rings is 2. The molecule has 9 heteroatoms. The number of carbonyl (C=O) groups excluding carboxylic acids is 1. The minimum absolute atomic E-state index is 0.202. The molecule has 0 atom stereocenters. The Hall–Kier alpha value is -3.42. The first kappa shape index (κ1) is 18.6. The lowest BCUT2D eigenvalue weighted by molar-refractivity contribution is 0.0995. The van der Waals surface area contributed by atoms with Crippen molar-refractivity contribution >= 4 is 45.7 Å². The molecule has 0 aliphatic heterocycles. The van der Waals surface area contributed by atoms with Crippen LogP contribution in [0.3, 0.4) is 0 Å². The molecule has 1 amide bonds. The van der Waals surface area contributed by atoms with Gasteiger partial charge in [0.1, 0.15) is 17.0 Å². The van der Waals surface area contributed by atoms with Crippen LogP contribution in [0.2, 0.25) is 10.0 Å². The van der Waals surface area contributed by atoms with Crippen LogP contribution >= 0.6 is 23.2 Å². The van der Waals surface area contributed by atoms with E-state index in [1.165, 1.54) is 0 Å². The predicted molar refractivity (Wildman–Crippen MR) is 117 cm³/mol. The van der Waals surface area contributed by atoms with E-state index in [1.54, 1.807) is 45.9 Å². The van der Waals surface area contributed by atoms with Crippen LogP contribution in [0, 0.1) is 0 Å². The van der Waals surface area contributed by atoms with Crippen molar-refractivity contribution in [3.8, 4) is 22.4 Å². The zero-order valence-corrected chi connectivity index (χ0v) is 17.2. The number of amides is 1. The van der Waals surface area contributed by atoms with Crippen molar-refractivity contribution in [1.29, 1.82) is 0 Å². The van der Waals surface area contributed by atoms with Crippen LogP contribution in [0.25, 0.3) is 38.9 Å². The van der Waals surface area contributed by atoms with Crippen molar-refractivity contribution in [1.82, 2.24) is 24.1 Å². The van der Waals surface area contributed by atoms with Gasteiger partial charge in [-0.2, -0.15) is 5.10 Å². The van der Waals surface area contributed by atoms with Crippen LogP contribution < -0.4 is 5.73 Å². The summed E-state index contributed by atoms with van der Waals surface area (Å²) in [7, 11) is 1.85. The number of nitrogens with two attached hydrogens (primary N) is 1. The summed E-state index contributed by atoms with van der Waals surface area (Å²) in [5, 5.41) is 5.74. The number of fused-ring (bicyclic) bond motifs is 3. The second kappa shape index (κ2) is 6.83. The SMILES string of the molecule is Cn1cc(-c2cnc3ccn4c(C(N)=O)c(-c5c(Cl)cccc5Cl)nc4c3c2)cn1. The summed E-state index contributed by atoms with van der Waals surface area (Å²) in [5.74, 6) is -0.635. The van der Waals surface area contributed by atoms with Gasteiger partial charge in [0.2, 0.25) is 0 Å². The van der Waals surface area contributed by atoms with Gasteiger partial charge in [-0.3, -0.25) is 18.9 Å². The largest absolute Gasteiger partial charge is 0.364 e. The number of aromatic nitrogens is 5. The van der Waals surface area contributed by atoms with E-state index in [-0.39, 0.29) is 5.69 Å². The molecule has 0 fully saturated rings. The van der Waals surface area contributed by atoms with E-state index in [0.717, 1.165) is 22.0 Å². The number of hydrogen-bond acceptors (Lipinski definition) is 4. The van der Waals surface area contributed by atoms with Crippen molar-refractivity contribution in [3.05, 3.63) is 70.9 Å². The number of hydrogen-bond donors (Lipinski definition) is 1. The monoisotopic (exact) mass is 436 g/mol. The molecule has 4 aromatic heterocycles. The van der Waals surface area contributed by atoms with E-state index in [1.807, 2.05) is 25.4 Å². The summed E-state index contributed by atoms with van der Waals surface area (Å²) in [6, 6.07) is 8.88. The number of carbonyl (C=O) groups is 1. The zero-order valence-electron chi connectivity index (χ0n) is 15.7. The smallest absolute Gasteiger partial charge is 0.268 e. The fourth-order valence-corrected chi connectivity index (χ4v) is 4.14. The van der Waals surface area contributed by atoms with Crippen LogP contribution in [0.1, 0.15) is 10.5 Å². The van der Waals surface area contributed by atoms with Gasteiger partial charge in [-0.25, -0.2) is 4.98 Å². The van der Waals surface area contributed by atoms with Gasteiger partial charge >= 0.3 is 0 Å². The van der Waals surface area contributed by atoms with Gasteiger partial charge in [-0.1, -0.05) is 29.3 Å². The van der Waals surface area contributed by atoms with Gasteiger partial charge in [0, 0.05) is 47.7 Å². The highest BCUT2D eigenvalue weighted by Gasteiger charge is 2.23. The molecule has 0 aliphatic rings. The van der Waals surface area contributed by atoms with E-state index >= 15 is 0 Å². The van der Waals surface area contributed by atoms with Gasteiger partial charge in [-0.05, 0) is 24.3 Å². The van der Waals surface area contributed by atoms with Gasteiger partial charge in [0.05, 0.1) is 21.8 Å². The molecule has 0 radical (unpaired) electrons. The fraction of sp³-hybridized carbons (Fsp3) is 0.0476. The highest BCUT2D eigenvalue weighted by Crippen LogP contribution is 2.37. The molecule has 30 heavy (non-hydrogen) atoms. The van der Waals surface area contributed by atoms with Crippen LogP contribution in [0.15, 0.2) is 55.1 Å². The molecule has 0 spiro atoms. The maximum Gasteiger partial charge on any atom is 0.268 e. The van der Waals surface area contributed by atoms with Gasteiger partial charge in [0.25, 0.3) is 5.91 Å². The third-order valence-electron chi connectivity index (χ3n) is 4.92. The van der Waals surface area contributed by atoms with Crippen LogP contribution in [-0.2, 0) is 7.05 Å². The number of halogens is 2. The average Bonchev–Trinajstić information content (AvgIpc) is 3.31. The van der Waals surface area contributed by atoms with Crippen molar-refractivity contribution in [2.45, 2.75) is 0 Å². The molecule has 7 nitrogen and oxygen atoms in total. The Morgan fingerprint density at radius 2 is 1.87 bits per heavy atom. The Bertz CT molecular complexity index is 1450. The molecule has 0 aliphatic carbocycles. The number of benzene rings is 1. The number of nitrogens with zero attached hydrogens (tertiary/aromatic N) is 5. The summed E-state index contributed by atoms with van der Waals surface area (Å²) in [4.78, 5) is 21.6. The lowest BCUT2D eigenvalue weighted by Crippen LogP contribution is -2.15. The van der Waals surface area contributed by atoms with Gasteiger partial charge in [0.15, 0.2) is 0 Å². The van der Waals surface area contributed by atoms with E-state index in [2.05, 4.69) is 10.1 Å². The van der Waals surface area contributed by atoms with E-state index in [4.69, 9.17) is 33.9 Å². The maximum absolute atomic E-state index is 12.4. The third kappa shape index (κ3) is 2.82. The molecule has 2 N–H and O–H groups in total. The molecule has 5 rings (SSSR count). The first-order valence-corrected chi connectivity index (χ1v) is 9.73. The molecule has 148 valence electrons. The quantitative estimate of drug-likeness (QED) is 0.454. The standard InChI is InChI=1S/C21H14Cl2N6O/c1-28-10-12(9-26-28)11-7-13-16(25-8-11)5-6-29-19(20(24)30)18(27-21(13)29)17-14(22)3-2-4-15(17)23/h2-10H,1H3,(H2,24,30). The van der Waals surface area contributed by atoms with Crippen molar-refractivity contribution in [3.63, 3.8) is 0 Å². The normalized spacial score (nSPS) is 11.4. The Morgan fingerprint density at radius 1 is 1.10 bits per heavy atom. The highest BCUT2D eigenvalue weighted by atomic mass is 35.5. The fourth-order valence-electron chi connectivity index (χ4n) is 3.56. The topological polar surface area (TPSA) is 91.1 Å². The summed E-state index contributed by atoms with van der Waals surface area (Å²) < 4.78 is 3.37. The predicted octanol–water partition coefficient (Wildman–Crippen LogP) is 4.36. The van der Waals surface area contributed by atoms with Crippen LogP contribution in [0.5, 0.6) is 0 Å². The molecule has 0 unspecified atom stereocenters. The molecule has 4 heterocycles. The lowest BCUT2D eigenvalue weighted by atomic mass is 10.1. The molecule has 0 bridgehead atoms. The second-order valence-electron chi connectivity index (χ2n) is 6.84. The van der Waals surface area contributed by atoms with Gasteiger partial charge < -0.3 is 5.73 Å². The Morgan fingerprint density at radius 3 is 2.53 bits per heavy atom. The van der Waals surface area contributed by atoms with E-state index in [9.17, 15) is 4.79 Å². The molecule has 0 saturated heterocycles. The highest BCUT2D eigenvalue weighted by molar-refractivity contribution is 6.39. The Kier molecular flexibility index (Phi) is 4.23. The van der Waals surface area contributed by atoms with Gasteiger partial charge in [-0.15, -0.1) is 0 Å². The zero-order chi connectivity index (χ0) is 21.0. The first-order valence-electron chi connectivity index (χ1n) is 8.98. The summed E-state index contributed by atoms with van der Waals surface area (Å²) in [5.41, 5.74) is 9.78. The summed E-state index contributed by atoms with van der Waals surface area (Å²) in [6.07, 6.45) is 7.16. The lowest BCUT2D eigenvalue weighted by Gasteiger charge is -2.06. The van der Waals surface area contributed by atoms with E-state index in [0.29, 0.717) is 26.9 Å². The Balaban J connectivity index is 1.86. The minimum atomic E-state index is -0.635. The number of primary amides is 1. The molecular formula is C21H14Cl2N6O. The van der Waals surface area contributed by atoms with E-state index < -0.39 is 5.91 Å². The molecule has 0 saturated carbocycles. The first-order chi connectivity index (χ1) is 14.4. The molecule has 5 aromatic rings. The summed E-state index contributed by atoms with van der Waals surface area (Å²) >= 11 is 12.8. The molecular weight excluding hydrogens is 423 g/mol. The Labute approximate surface area is 180 Å². The average molecular weight is 437 g/mol. The summed E-state index contributed by atoms with van der Waals surface area (Å²) in [6.45, 7) is 0. The van der Waals surface area contributed by atoms with Crippen LogP contribution in [0.4, 0.5) is 0 Å². The third-order valence-corrected chi connectivity index (χ3v) is 5.55. The number of rotatable bonds is 3. The van der Waals surface area contributed by atoms with Crippen molar-refractivity contribution < 1.29 is 4.79 Å². The maximum atomic E-state index is 12.4. The second-order valence-corrected chi connectivity index (χ2v) is 7.65. The molecule has 1 aromatic carbocycles. The minimum Gasteiger partial charge on any atom is -0.364 e. The number of imidazole rings is 1.